The number of fused-ring (bicyclic) bond motifs is 1. The molecular formula is C22H21N5O. The molecule has 0 radical (unpaired) electrons. The Labute approximate surface area is 163 Å². The van der Waals surface area contributed by atoms with Gasteiger partial charge in [-0.05, 0) is 35.9 Å². The molecular weight excluding hydrogens is 350 g/mol. The number of hydrogen-bond acceptors (Lipinski definition) is 4. The Balaban J connectivity index is 1.38. The second-order valence-electron chi connectivity index (χ2n) is 6.46. The van der Waals surface area contributed by atoms with E-state index >= 15 is 0 Å². The first-order chi connectivity index (χ1) is 13.7. The Bertz CT molecular complexity index is 1100. The number of nitrogens with one attached hydrogen (secondary N) is 2. The van der Waals surface area contributed by atoms with Gasteiger partial charge in [-0.15, -0.1) is 0 Å². The molecule has 6 nitrogen and oxygen atoms in total. The number of anilines is 1. The number of hydrogen-bond donors (Lipinski definition) is 2. The van der Waals surface area contributed by atoms with E-state index in [1.54, 1.807) is 0 Å². The largest absolute Gasteiger partial charge is 0.368 e. The van der Waals surface area contributed by atoms with Gasteiger partial charge in [0.25, 0.3) is 5.91 Å². The van der Waals surface area contributed by atoms with Crippen molar-refractivity contribution in [2.45, 2.75) is 6.92 Å². The van der Waals surface area contributed by atoms with E-state index in [1.165, 1.54) is 0 Å². The number of benzene rings is 2. The molecule has 0 unspecified atom stereocenters. The van der Waals surface area contributed by atoms with E-state index in [0.717, 1.165) is 22.4 Å². The van der Waals surface area contributed by atoms with E-state index in [2.05, 4.69) is 20.6 Å². The minimum atomic E-state index is -0.0782. The second-order valence-corrected chi connectivity index (χ2v) is 6.46. The molecule has 2 aromatic carbocycles. The molecule has 6 heteroatoms. The predicted molar refractivity (Wildman–Crippen MR) is 111 cm³/mol. The first kappa shape index (κ1) is 17.7. The molecule has 1 amide bonds. The predicted octanol–water partition coefficient (Wildman–Crippen LogP) is 3.57. The Morgan fingerprint density at radius 1 is 0.964 bits per heavy atom. The van der Waals surface area contributed by atoms with Crippen molar-refractivity contribution in [3.05, 3.63) is 84.4 Å². The summed E-state index contributed by atoms with van der Waals surface area (Å²) >= 11 is 0. The molecule has 0 aliphatic carbocycles. The lowest BCUT2D eigenvalue weighted by Gasteiger charge is -2.11. The van der Waals surface area contributed by atoms with E-state index in [0.29, 0.717) is 24.5 Å². The van der Waals surface area contributed by atoms with E-state index in [-0.39, 0.29) is 5.91 Å². The average molecular weight is 371 g/mol. The number of rotatable bonds is 6. The van der Waals surface area contributed by atoms with Gasteiger partial charge < -0.3 is 15.2 Å². The molecule has 0 saturated heterocycles. The Morgan fingerprint density at radius 2 is 1.75 bits per heavy atom. The highest BCUT2D eigenvalue weighted by molar-refractivity contribution is 6.06. The van der Waals surface area contributed by atoms with Crippen molar-refractivity contribution in [2.75, 3.05) is 18.4 Å². The van der Waals surface area contributed by atoms with Crippen LogP contribution in [0.3, 0.4) is 0 Å². The lowest BCUT2D eigenvalue weighted by atomic mass is 10.0. The maximum absolute atomic E-state index is 12.6. The van der Waals surface area contributed by atoms with E-state index in [1.807, 2.05) is 84.5 Å². The van der Waals surface area contributed by atoms with Crippen LogP contribution in [0.25, 0.3) is 16.6 Å². The van der Waals surface area contributed by atoms with Crippen LogP contribution in [0.4, 0.5) is 5.82 Å². The van der Waals surface area contributed by atoms with Gasteiger partial charge in [-0.1, -0.05) is 36.4 Å². The molecule has 0 atom stereocenters. The van der Waals surface area contributed by atoms with Crippen LogP contribution >= 0.6 is 0 Å². The Morgan fingerprint density at radius 3 is 2.61 bits per heavy atom. The summed E-state index contributed by atoms with van der Waals surface area (Å²) in [6, 6.07) is 19.4. The summed E-state index contributed by atoms with van der Waals surface area (Å²) in [5.74, 6) is 2.15. The summed E-state index contributed by atoms with van der Waals surface area (Å²) in [6.45, 7) is 2.92. The zero-order valence-corrected chi connectivity index (χ0v) is 15.6. The fourth-order valence-corrected chi connectivity index (χ4v) is 3.15. The lowest BCUT2D eigenvalue weighted by molar-refractivity contribution is 0.0957. The molecule has 140 valence electrons. The third-order valence-corrected chi connectivity index (χ3v) is 4.44. The topological polar surface area (TPSA) is 71.8 Å². The van der Waals surface area contributed by atoms with Crippen molar-refractivity contribution in [1.82, 2.24) is 19.9 Å². The smallest absolute Gasteiger partial charge is 0.251 e. The first-order valence-corrected chi connectivity index (χ1v) is 9.19. The van der Waals surface area contributed by atoms with Gasteiger partial charge in [-0.25, -0.2) is 9.97 Å². The Kier molecular flexibility index (Phi) is 5.01. The minimum absolute atomic E-state index is 0.0782. The summed E-state index contributed by atoms with van der Waals surface area (Å²) in [6.07, 6.45) is 3.88. The van der Waals surface area contributed by atoms with Crippen molar-refractivity contribution < 1.29 is 4.79 Å². The zero-order valence-electron chi connectivity index (χ0n) is 15.6. The van der Waals surface area contributed by atoms with Gasteiger partial charge >= 0.3 is 0 Å². The summed E-state index contributed by atoms with van der Waals surface area (Å²) in [5, 5.41) is 8.24. The standard InChI is InChI=1S/C22H21N5O/c1-16-25-20(15-21(26-16)27-13-4-5-14-27)23-11-12-24-22(28)19-10-6-8-17-7-2-3-9-18(17)19/h2-10,13-15H,11-12H2,1H3,(H,24,28)(H,23,25,26). The molecule has 2 aromatic heterocycles. The van der Waals surface area contributed by atoms with E-state index < -0.39 is 0 Å². The summed E-state index contributed by atoms with van der Waals surface area (Å²) in [5.41, 5.74) is 0.686. The number of carbonyl (C=O) groups excluding carboxylic acids is 1. The van der Waals surface area contributed by atoms with Crippen molar-refractivity contribution >= 4 is 22.5 Å². The Hall–Kier alpha value is -3.67. The molecule has 0 aliphatic rings. The summed E-state index contributed by atoms with van der Waals surface area (Å²) in [7, 11) is 0. The molecule has 0 spiro atoms. The van der Waals surface area contributed by atoms with Gasteiger partial charge in [0.05, 0.1) is 0 Å². The first-order valence-electron chi connectivity index (χ1n) is 9.19. The van der Waals surface area contributed by atoms with E-state index in [9.17, 15) is 4.79 Å². The van der Waals surface area contributed by atoms with Crippen LogP contribution in [0.5, 0.6) is 0 Å². The number of aryl methyl sites for hydroxylation is 1. The maximum atomic E-state index is 12.6. The van der Waals surface area contributed by atoms with E-state index in [4.69, 9.17) is 0 Å². The van der Waals surface area contributed by atoms with Gasteiger partial charge in [-0.2, -0.15) is 0 Å². The lowest BCUT2D eigenvalue weighted by Crippen LogP contribution is -2.29. The molecule has 4 rings (SSSR count). The van der Waals surface area contributed by atoms with Crippen molar-refractivity contribution in [3.8, 4) is 5.82 Å². The van der Waals surface area contributed by atoms with Crippen LogP contribution in [-0.4, -0.2) is 33.5 Å². The highest BCUT2D eigenvalue weighted by Gasteiger charge is 2.09. The number of nitrogens with zero attached hydrogens (tertiary/aromatic N) is 3. The second kappa shape index (κ2) is 7.92. The van der Waals surface area contributed by atoms with Crippen LogP contribution in [-0.2, 0) is 0 Å². The normalized spacial score (nSPS) is 10.8. The number of carbonyl (C=O) groups is 1. The molecule has 0 bridgehead atoms. The molecule has 0 aliphatic heterocycles. The van der Waals surface area contributed by atoms with Crippen molar-refractivity contribution in [1.29, 1.82) is 0 Å². The monoisotopic (exact) mass is 371 g/mol. The molecule has 28 heavy (non-hydrogen) atoms. The fraction of sp³-hybridized carbons (Fsp3) is 0.136. The highest BCUT2D eigenvalue weighted by atomic mass is 16.1. The van der Waals surface area contributed by atoms with Gasteiger partial charge in [0.2, 0.25) is 0 Å². The van der Waals surface area contributed by atoms with Gasteiger partial charge in [0.15, 0.2) is 0 Å². The minimum Gasteiger partial charge on any atom is -0.368 e. The van der Waals surface area contributed by atoms with Crippen LogP contribution in [0.15, 0.2) is 73.1 Å². The van der Waals surface area contributed by atoms with Crippen molar-refractivity contribution in [3.63, 3.8) is 0 Å². The van der Waals surface area contributed by atoms with Crippen LogP contribution in [0.1, 0.15) is 16.2 Å². The van der Waals surface area contributed by atoms with Crippen LogP contribution in [0, 0.1) is 6.92 Å². The number of aromatic nitrogens is 3. The van der Waals surface area contributed by atoms with Crippen LogP contribution in [0.2, 0.25) is 0 Å². The van der Waals surface area contributed by atoms with Gasteiger partial charge in [0.1, 0.15) is 17.5 Å². The van der Waals surface area contributed by atoms with Gasteiger partial charge in [0, 0.05) is 37.1 Å². The molecule has 0 saturated carbocycles. The highest BCUT2D eigenvalue weighted by Crippen LogP contribution is 2.18. The summed E-state index contributed by atoms with van der Waals surface area (Å²) in [4.78, 5) is 21.4. The van der Waals surface area contributed by atoms with Gasteiger partial charge in [-0.3, -0.25) is 4.79 Å². The molecule has 0 fully saturated rings. The number of amides is 1. The third kappa shape index (κ3) is 3.86. The zero-order chi connectivity index (χ0) is 19.3. The summed E-state index contributed by atoms with van der Waals surface area (Å²) < 4.78 is 1.93. The average Bonchev–Trinajstić information content (AvgIpc) is 3.25. The van der Waals surface area contributed by atoms with Crippen LogP contribution < -0.4 is 10.6 Å². The molecule has 4 aromatic rings. The maximum Gasteiger partial charge on any atom is 0.251 e. The fourth-order valence-electron chi connectivity index (χ4n) is 3.15. The molecule has 2 heterocycles. The third-order valence-electron chi connectivity index (χ3n) is 4.44. The van der Waals surface area contributed by atoms with Crippen molar-refractivity contribution in [2.24, 2.45) is 0 Å². The SMILES string of the molecule is Cc1nc(NCCNC(=O)c2cccc3ccccc23)cc(-n2cccc2)n1. The quantitative estimate of drug-likeness (QED) is 0.508. The molecule has 2 N–H and O–H groups in total.